The first-order chi connectivity index (χ1) is 12.1. The maximum Gasteiger partial charge on any atom is 0.124 e. The Bertz CT molecular complexity index is 580. The van der Waals surface area contributed by atoms with Gasteiger partial charge in [0.1, 0.15) is 5.75 Å². The summed E-state index contributed by atoms with van der Waals surface area (Å²) in [6, 6.07) is 6.36. The van der Waals surface area contributed by atoms with E-state index in [1.807, 2.05) is 6.07 Å². The zero-order chi connectivity index (χ0) is 17.9. The lowest BCUT2D eigenvalue weighted by Crippen LogP contribution is -2.58. The molecule has 1 aromatic carbocycles. The van der Waals surface area contributed by atoms with E-state index in [1.165, 1.54) is 5.56 Å². The van der Waals surface area contributed by atoms with E-state index in [9.17, 15) is 5.11 Å². The van der Waals surface area contributed by atoms with Gasteiger partial charge in [-0.2, -0.15) is 0 Å². The molecule has 2 atom stereocenters. The Morgan fingerprint density at radius 2 is 2.08 bits per heavy atom. The Kier molecular flexibility index (Phi) is 6.00. The molecule has 0 amide bonds. The van der Waals surface area contributed by atoms with Gasteiger partial charge in [-0.25, -0.2) is 0 Å². The normalized spacial score (nSPS) is 28.4. The first kappa shape index (κ1) is 18.6. The van der Waals surface area contributed by atoms with Crippen molar-refractivity contribution >= 4 is 0 Å². The molecule has 3 rings (SSSR count). The summed E-state index contributed by atoms with van der Waals surface area (Å²) in [6.07, 6.45) is 3.01. The fourth-order valence-corrected chi connectivity index (χ4v) is 4.62. The molecule has 1 aromatic rings. The van der Waals surface area contributed by atoms with Crippen LogP contribution in [0, 0.1) is 5.41 Å². The maximum atomic E-state index is 10.7. The topological polar surface area (TPSA) is 45.2 Å². The molecule has 0 aliphatic carbocycles. The summed E-state index contributed by atoms with van der Waals surface area (Å²) in [5, 5.41) is 10.7. The minimum Gasteiger partial charge on any atom is -0.496 e. The molecular weight excluding hydrogens is 316 g/mol. The predicted octanol–water partition coefficient (Wildman–Crippen LogP) is 2.12. The lowest BCUT2D eigenvalue weighted by molar-refractivity contribution is -0.0807. The van der Waals surface area contributed by atoms with Gasteiger partial charge in [0.25, 0.3) is 0 Å². The minimum absolute atomic E-state index is 0.0348. The van der Waals surface area contributed by atoms with Crippen LogP contribution in [0.3, 0.4) is 0 Å². The van der Waals surface area contributed by atoms with Crippen molar-refractivity contribution < 1.29 is 14.6 Å². The molecule has 2 heterocycles. The first-order valence-corrected chi connectivity index (χ1v) is 9.30. The standard InChI is InChI=1S/C20H32N2O3/c1-21-10-7-19(23)20(14-21)8-4-9-22(15-20)12-16-5-6-18(25-3)17(11-16)13-24-2/h5-6,11,19,23H,4,7-10,12-15H2,1-3H3/t19-,20-/m0/s1. The van der Waals surface area contributed by atoms with Crippen LogP contribution in [-0.4, -0.2) is 68.5 Å². The smallest absolute Gasteiger partial charge is 0.124 e. The molecule has 0 radical (unpaired) electrons. The van der Waals surface area contributed by atoms with Crippen molar-refractivity contribution in [3.63, 3.8) is 0 Å². The van der Waals surface area contributed by atoms with Gasteiger partial charge in [0.05, 0.1) is 19.8 Å². The molecule has 0 unspecified atom stereocenters. The number of ether oxygens (including phenoxy) is 2. The number of benzene rings is 1. The molecule has 1 spiro atoms. The van der Waals surface area contributed by atoms with Gasteiger partial charge < -0.3 is 19.5 Å². The quantitative estimate of drug-likeness (QED) is 0.883. The summed E-state index contributed by atoms with van der Waals surface area (Å²) in [5.41, 5.74) is 2.41. The minimum atomic E-state index is -0.175. The van der Waals surface area contributed by atoms with Gasteiger partial charge in [0, 0.05) is 44.3 Å². The van der Waals surface area contributed by atoms with Crippen LogP contribution in [0.1, 0.15) is 30.4 Å². The van der Waals surface area contributed by atoms with Crippen LogP contribution in [0.4, 0.5) is 0 Å². The summed E-state index contributed by atoms with van der Waals surface area (Å²) in [4.78, 5) is 4.88. The Balaban J connectivity index is 1.71. The summed E-state index contributed by atoms with van der Waals surface area (Å²) < 4.78 is 10.7. The summed E-state index contributed by atoms with van der Waals surface area (Å²) in [5.74, 6) is 0.880. The molecule has 0 saturated carbocycles. The van der Waals surface area contributed by atoms with E-state index in [0.717, 1.165) is 63.3 Å². The Morgan fingerprint density at radius 1 is 1.24 bits per heavy atom. The van der Waals surface area contributed by atoms with Gasteiger partial charge >= 0.3 is 0 Å². The summed E-state index contributed by atoms with van der Waals surface area (Å²) >= 11 is 0. The number of likely N-dealkylation sites (tertiary alicyclic amines) is 2. The fourth-order valence-electron chi connectivity index (χ4n) is 4.62. The summed E-state index contributed by atoms with van der Waals surface area (Å²) in [6.45, 7) is 5.56. The number of rotatable bonds is 5. The van der Waals surface area contributed by atoms with Crippen LogP contribution < -0.4 is 4.74 Å². The SMILES string of the molecule is COCc1cc(CN2CCC[C@]3(CN(C)CC[C@@H]3O)C2)ccc1OC. The lowest BCUT2D eigenvalue weighted by Gasteiger charge is -2.50. The van der Waals surface area contributed by atoms with E-state index in [-0.39, 0.29) is 11.5 Å². The van der Waals surface area contributed by atoms with E-state index < -0.39 is 0 Å². The largest absolute Gasteiger partial charge is 0.496 e. The van der Waals surface area contributed by atoms with Crippen LogP contribution in [0.25, 0.3) is 0 Å². The predicted molar refractivity (Wildman–Crippen MR) is 98.8 cm³/mol. The van der Waals surface area contributed by atoms with Gasteiger partial charge in [-0.15, -0.1) is 0 Å². The molecule has 0 bridgehead atoms. The summed E-state index contributed by atoms with van der Waals surface area (Å²) in [7, 11) is 5.58. The second kappa shape index (κ2) is 8.04. The van der Waals surface area contributed by atoms with E-state index in [2.05, 4.69) is 29.0 Å². The molecule has 2 saturated heterocycles. The molecule has 2 aliphatic heterocycles. The highest BCUT2D eigenvalue weighted by Crippen LogP contribution is 2.38. The third kappa shape index (κ3) is 4.17. The molecule has 5 heteroatoms. The van der Waals surface area contributed by atoms with Crippen LogP contribution in [0.2, 0.25) is 0 Å². The van der Waals surface area contributed by atoms with Gasteiger partial charge in [0.2, 0.25) is 0 Å². The average Bonchev–Trinajstić information content (AvgIpc) is 2.59. The van der Waals surface area contributed by atoms with E-state index >= 15 is 0 Å². The van der Waals surface area contributed by atoms with Gasteiger partial charge in [-0.1, -0.05) is 6.07 Å². The Hall–Kier alpha value is -1.14. The maximum absolute atomic E-state index is 10.7. The number of hydrogen-bond donors (Lipinski definition) is 1. The van der Waals surface area contributed by atoms with Crippen LogP contribution in [0.5, 0.6) is 5.75 Å². The monoisotopic (exact) mass is 348 g/mol. The molecular formula is C20H32N2O3. The van der Waals surface area contributed by atoms with Crippen molar-refractivity contribution in [2.24, 2.45) is 5.41 Å². The zero-order valence-electron chi connectivity index (χ0n) is 15.8. The van der Waals surface area contributed by atoms with Crippen LogP contribution in [-0.2, 0) is 17.9 Å². The second-order valence-electron chi connectivity index (χ2n) is 7.80. The van der Waals surface area contributed by atoms with Crippen molar-refractivity contribution in [3.05, 3.63) is 29.3 Å². The molecule has 1 N–H and O–H groups in total. The van der Waals surface area contributed by atoms with Gasteiger partial charge in [0.15, 0.2) is 0 Å². The molecule has 2 aliphatic rings. The number of piperidine rings is 2. The number of hydrogen-bond acceptors (Lipinski definition) is 5. The van der Waals surface area contributed by atoms with Crippen molar-refractivity contribution in [2.45, 2.75) is 38.5 Å². The number of nitrogens with zero attached hydrogens (tertiary/aromatic N) is 2. The van der Waals surface area contributed by atoms with E-state index in [4.69, 9.17) is 9.47 Å². The lowest BCUT2D eigenvalue weighted by atomic mass is 9.71. The zero-order valence-corrected chi connectivity index (χ0v) is 15.8. The highest BCUT2D eigenvalue weighted by molar-refractivity contribution is 5.37. The van der Waals surface area contributed by atoms with Crippen LogP contribution >= 0.6 is 0 Å². The molecule has 0 aromatic heterocycles. The van der Waals surface area contributed by atoms with Crippen molar-refractivity contribution in [1.29, 1.82) is 0 Å². The van der Waals surface area contributed by atoms with Gasteiger partial charge in [-0.05, 0) is 50.6 Å². The number of aliphatic hydroxyl groups excluding tert-OH is 1. The Labute approximate surface area is 151 Å². The first-order valence-electron chi connectivity index (χ1n) is 9.30. The molecule has 25 heavy (non-hydrogen) atoms. The highest BCUT2D eigenvalue weighted by Gasteiger charge is 2.44. The average molecular weight is 348 g/mol. The Morgan fingerprint density at radius 3 is 2.84 bits per heavy atom. The number of aliphatic hydroxyl groups is 1. The fraction of sp³-hybridized carbons (Fsp3) is 0.700. The molecule has 2 fully saturated rings. The van der Waals surface area contributed by atoms with E-state index in [1.54, 1.807) is 14.2 Å². The second-order valence-corrected chi connectivity index (χ2v) is 7.80. The number of methoxy groups -OCH3 is 2. The molecule has 140 valence electrons. The van der Waals surface area contributed by atoms with Crippen LogP contribution in [0.15, 0.2) is 18.2 Å². The van der Waals surface area contributed by atoms with E-state index in [0.29, 0.717) is 6.61 Å². The highest BCUT2D eigenvalue weighted by atomic mass is 16.5. The van der Waals surface area contributed by atoms with Crippen molar-refractivity contribution in [3.8, 4) is 5.75 Å². The van der Waals surface area contributed by atoms with Crippen molar-refractivity contribution in [2.75, 3.05) is 47.4 Å². The third-order valence-electron chi connectivity index (χ3n) is 5.81. The van der Waals surface area contributed by atoms with Gasteiger partial charge in [-0.3, -0.25) is 4.90 Å². The van der Waals surface area contributed by atoms with Crippen molar-refractivity contribution in [1.82, 2.24) is 9.80 Å². The third-order valence-corrected chi connectivity index (χ3v) is 5.81. The molecule has 5 nitrogen and oxygen atoms in total.